The maximum atomic E-state index is 12.5. The lowest BCUT2D eigenvalue weighted by atomic mass is 10.1. The number of sulfone groups is 1. The zero-order valence-electron chi connectivity index (χ0n) is 11.5. The van der Waals surface area contributed by atoms with Crippen molar-refractivity contribution in [3.05, 3.63) is 33.7 Å². The van der Waals surface area contributed by atoms with Crippen molar-refractivity contribution in [1.82, 2.24) is 4.90 Å². The van der Waals surface area contributed by atoms with Crippen LogP contribution in [-0.2, 0) is 9.84 Å². The lowest BCUT2D eigenvalue weighted by Gasteiger charge is -2.25. The maximum absolute atomic E-state index is 12.5. The minimum absolute atomic E-state index is 0.363. The molecule has 0 amide bonds. The monoisotopic (exact) mass is 311 g/mol. The summed E-state index contributed by atoms with van der Waals surface area (Å²) in [5, 5.41) is 0.470. The molecular weight excluding hydrogens is 294 g/mol. The molecule has 1 saturated heterocycles. The van der Waals surface area contributed by atoms with Crippen LogP contribution in [0.5, 0.6) is 0 Å². The highest BCUT2D eigenvalue weighted by Crippen LogP contribution is 2.42. The average molecular weight is 312 g/mol. The molecule has 1 aromatic rings. The highest BCUT2D eigenvalue weighted by Gasteiger charge is 2.35. The largest absolute Gasteiger partial charge is 0.370 e. The molecule has 1 fully saturated rings. The predicted molar refractivity (Wildman–Crippen MR) is 81.3 cm³/mol. The van der Waals surface area contributed by atoms with Crippen molar-refractivity contribution in [2.24, 2.45) is 0 Å². The first-order chi connectivity index (χ1) is 9.51. The first kappa shape index (κ1) is 14.0. The summed E-state index contributed by atoms with van der Waals surface area (Å²) in [7, 11) is -3.36. The van der Waals surface area contributed by atoms with Crippen molar-refractivity contribution in [1.29, 1.82) is 0 Å². The van der Waals surface area contributed by atoms with Gasteiger partial charge in [0.15, 0.2) is 0 Å². The molecule has 0 bridgehead atoms. The van der Waals surface area contributed by atoms with Crippen LogP contribution >= 0.6 is 11.6 Å². The van der Waals surface area contributed by atoms with E-state index in [9.17, 15) is 8.42 Å². The van der Waals surface area contributed by atoms with Gasteiger partial charge in [0.1, 0.15) is 0 Å². The van der Waals surface area contributed by atoms with Crippen LogP contribution in [-0.4, -0.2) is 26.4 Å². The smallest absolute Gasteiger partial charge is 0.205 e. The molecule has 0 spiro atoms. The molecule has 5 heteroatoms. The summed E-state index contributed by atoms with van der Waals surface area (Å²) in [4.78, 5) is 3.07. The van der Waals surface area contributed by atoms with E-state index in [-0.39, 0.29) is 0 Å². The number of nitrogens with zero attached hydrogens (tertiary/aromatic N) is 1. The SMILES string of the molecule is CC1=C(N2CCCCCC2)c2ccc(Cl)cc2S1(=O)=O. The average Bonchev–Trinajstić information content (AvgIpc) is 2.63. The van der Waals surface area contributed by atoms with Gasteiger partial charge in [0.25, 0.3) is 0 Å². The Bertz CT molecular complexity index is 671. The molecule has 0 aliphatic carbocycles. The summed E-state index contributed by atoms with van der Waals surface area (Å²) in [6, 6.07) is 5.18. The fourth-order valence-electron chi connectivity index (χ4n) is 3.08. The number of hydrogen-bond acceptors (Lipinski definition) is 3. The second kappa shape index (κ2) is 5.08. The number of halogens is 1. The Balaban J connectivity index is 2.13. The fourth-order valence-corrected chi connectivity index (χ4v) is 4.88. The summed E-state index contributed by atoms with van der Waals surface area (Å²) >= 11 is 5.96. The number of allylic oxidation sites excluding steroid dienone is 1. The van der Waals surface area contributed by atoms with E-state index in [4.69, 9.17) is 11.6 Å². The van der Waals surface area contributed by atoms with Crippen LogP contribution in [0, 0.1) is 0 Å². The Morgan fingerprint density at radius 1 is 1.10 bits per heavy atom. The van der Waals surface area contributed by atoms with E-state index in [2.05, 4.69) is 4.90 Å². The van der Waals surface area contributed by atoms with Crippen LogP contribution in [0.3, 0.4) is 0 Å². The Morgan fingerprint density at radius 2 is 1.75 bits per heavy atom. The molecule has 0 radical (unpaired) electrons. The minimum atomic E-state index is -3.36. The molecule has 3 rings (SSSR count). The molecule has 108 valence electrons. The van der Waals surface area contributed by atoms with Gasteiger partial charge >= 0.3 is 0 Å². The Morgan fingerprint density at radius 3 is 2.40 bits per heavy atom. The normalized spacial score (nSPS) is 21.8. The van der Waals surface area contributed by atoms with Crippen LogP contribution in [0.2, 0.25) is 5.02 Å². The van der Waals surface area contributed by atoms with E-state index in [1.165, 1.54) is 12.8 Å². The Labute approximate surface area is 125 Å². The number of rotatable bonds is 1. The molecular formula is C15H18ClNO2S. The predicted octanol–water partition coefficient (Wildman–Crippen LogP) is 3.69. The van der Waals surface area contributed by atoms with Gasteiger partial charge in [-0.25, -0.2) is 8.42 Å². The first-order valence-corrected chi connectivity index (χ1v) is 8.89. The van der Waals surface area contributed by atoms with Crippen molar-refractivity contribution in [2.45, 2.75) is 37.5 Å². The van der Waals surface area contributed by atoms with E-state index >= 15 is 0 Å². The molecule has 2 aliphatic rings. The Kier molecular flexibility index (Phi) is 3.55. The zero-order chi connectivity index (χ0) is 14.3. The molecule has 0 unspecified atom stereocenters. The molecule has 1 aromatic carbocycles. The van der Waals surface area contributed by atoms with E-state index in [1.807, 2.05) is 6.07 Å². The van der Waals surface area contributed by atoms with Crippen LogP contribution in [0.15, 0.2) is 28.0 Å². The molecule has 0 aromatic heterocycles. The van der Waals surface area contributed by atoms with Crippen LogP contribution in [0.25, 0.3) is 5.70 Å². The van der Waals surface area contributed by atoms with Crippen LogP contribution in [0.4, 0.5) is 0 Å². The molecule has 0 atom stereocenters. The standard InChI is InChI=1S/C15H18ClNO2S/c1-11-15(17-8-4-2-3-5-9-17)13-7-6-12(16)10-14(13)20(11,18)19/h6-7,10H,2-5,8-9H2,1H3. The molecule has 2 aliphatic heterocycles. The van der Waals surface area contributed by atoms with Gasteiger partial charge < -0.3 is 4.90 Å². The van der Waals surface area contributed by atoms with Crippen molar-refractivity contribution in [3.63, 3.8) is 0 Å². The summed E-state index contributed by atoms with van der Waals surface area (Å²) < 4.78 is 25.1. The number of fused-ring (bicyclic) bond motifs is 1. The second-order valence-electron chi connectivity index (χ2n) is 5.45. The number of likely N-dealkylation sites (tertiary alicyclic amines) is 1. The first-order valence-electron chi connectivity index (χ1n) is 7.02. The summed E-state index contributed by atoms with van der Waals surface area (Å²) in [5.74, 6) is 0. The third-order valence-corrected chi connectivity index (χ3v) is 6.30. The highest BCUT2D eigenvalue weighted by molar-refractivity contribution is 7.95. The zero-order valence-corrected chi connectivity index (χ0v) is 13.1. The van der Waals surface area contributed by atoms with E-state index < -0.39 is 9.84 Å². The van der Waals surface area contributed by atoms with Crippen molar-refractivity contribution in [2.75, 3.05) is 13.1 Å². The Hall–Kier alpha value is -1.00. The fraction of sp³-hybridized carbons (Fsp3) is 0.467. The van der Waals surface area contributed by atoms with Gasteiger partial charge in [-0.3, -0.25) is 0 Å². The lowest BCUT2D eigenvalue weighted by Crippen LogP contribution is -2.23. The van der Waals surface area contributed by atoms with Crippen LogP contribution < -0.4 is 0 Å². The third kappa shape index (κ3) is 2.15. The van der Waals surface area contributed by atoms with Gasteiger partial charge in [-0.2, -0.15) is 0 Å². The van der Waals surface area contributed by atoms with Gasteiger partial charge in [0.05, 0.1) is 15.5 Å². The van der Waals surface area contributed by atoms with Crippen LogP contribution in [0.1, 0.15) is 38.2 Å². The van der Waals surface area contributed by atoms with Gasteiger partial charge in [-0.05, 0) is 31.9 Å². The molecule has 0 N–H and O–H groups in total. The summed E-state index contributed by atoms with van der Waals surface area (Å²) in [6.45, 7) is 3.58. The number of hydrogen-bond donors (Lipinski definition) is 0. The van der Waals surface area contributed by atoms with Crippen molar-refractivity contribution in [3.8, 4) is 0 Å². The topological polar surface area (TPSA) is 37.4 Å². The van der Waals surface area contributed by atoms with E-state index in [0.717, 1.165) is 37.2 Å². The quantitative estimate of drug-likeness (QED) is 0.793. The summed E-state index contributed by atoms with van der Waals surface area (Å²) in [6.07, 6.45) is 4.70. The van der Waals surface area contributed by atoms with Crippen molar-refractivity contribution < 1.29 is 8.42 Å². The van der Waals surface area contributed by atoms with Gasteiger partial charge in [-0.1, -0.05) is 30.5 Å². The maximum Gasteiger partial charge on any atom is 0.205 e. The number of benzene rings is 1. The highest BCUT2D eigenvalue weighted by atomic mass is 35.5. The molecule has 20 heavy (non-hydrogen) atoms. The van der Waals surface area contributed by atoms with Crippen molar-refractivity contribution >= 4 is 27.1 Å². The second-order valence-corrected chi connectivity index (χ2v) is 7.95. The van der Waals surface area contributed by atoms with E-state index in [0.29, 0.717) is 14.8 Å². The van der Waals surface area contributed by atoms with Gasteiger partial charge in [0, 0.05) is 23.7 Å². The van der Waals surface area contributed by atoms with Gasteiger partial charge in [0.2, 0.25) is 9.84 Å². The molecule has 2 heterocycles. The molecule has 3 nitrogen and oxygen atoms in total. The molecule has 0 saturated carbocycles. The lowest BCUT2D eigenvalue weighted by molar-refractivity contribution is 0.412. The van der Waals surface area contributed by atoms with E-state index in [1.54, 1.807) is 19.1 Å². The third-order valence-electron chi connectivity index (χ3n) is 4.15. The van der Waals surface area contributed by atoms with Gasteiger partial charge in [-0.15, -0.1) is 0 Å². The minimum Gasteiger partial charge on any atom is -0.370 e. The summed E-state index contributed by atoms with van der Waals surface area (Å²) in [5.41, 5.74) is 1.70.